The Morgan fingerprint density at radius 1 is 1.00 bits per heavy atom. The fourth-order valence-corrected chi connectivity index (χ4v) is 4.32. The van der Waals surface area contributed by atoms with Crippen LogP contribution in [0.2, 0.25) is 5.02 Å². The lowest BCUT2D eigenvalue weighted by molar-refractivity contribution is -0.133. The van der Waals surface area contributed by atoms with E-state index < -0.39 is 5.54 Å². The molecule has 0 radical (unpaired) electrons. The van der Waals surface area contributed by atoms with Gasteiger partial charge in [0.15, 0.2) is 0 Å². The van der Waals surface area contributed by atoms with Crippen molar-refractivity contribution in [2.24, 2.45) is 0 Å². The molecule has 0 unspecified atom stereocenters. The van der Waals surface area contributed by atoms with E-state index in [0.717, 1.165) is 31.7 Å². The molecule has 2 aromatic carbocycles. The number of urea groups is 1. The number of imide groups is 1. The van der Waals surface area contributed by atoms with Crippen molar-refractivity contribution >= 4 is 29.2 Å². The van der Waals surface area contributed by atoms with Gasteiger partial charge in [-0.05, 0) is 36.2 Å². The van der Waals surface area contributed by atoms with Crippen molar-refractivity contribution in [2.75, 3.05) is 37.7 Å². The number of rotatable bonds is 5. The molecule has 1 N–H and O–H groups in total. The number of carbonyl (C=O) groups excluding carboxylic acids is 2. The van der Waals surface area contributed by atoms with Crippen LogP contribution in [0.4, 0.5) is 10.5 Å². The van der Waals surface area contributed by atoms with E-state index >= 15 is 0 Å². The first-order valence-corrected chi connectivity index (χ1v) is 10.3. The van der Waals surface area contributed by atoms with Crippen molar-refractivity contribution in [1.29, 1.82) is 0 Å². The average Bonchev–Trinajstić information content (AvgIpc) is 3.00. The van der Waals surface area contributed by atoms with E-state index in [1.807, 2.05) is 31.2 Å². The molecule has 2 aliphatic rings. The molecule has 152 valence electrons. The van der Waals surface area contributed by atoms with Gasteiger partial charge < -0.3 is 10.2 Å². The van der Waals surface area contributed by atoms with E-state index in [0.29, 0.717) is 18.1 Å². The first kappa shape index (κ1) is 19.7. The smallest absolute Gasteiger partial charge is 0.326 e. The minimum Gasteiger partial charge on any atom is -0.369 e. The Labute approximate surface area is 176 Å². The highest BCUT2D eigenvalue weighted by Gasteiger charge is 2.51. The monoisotopic (exact) mass is 412 g/mol. The third-order valence-corrected chi connectivity index (χ3v) is 6.09. The molecule has 2 heterocycles. The van der Waals surface area contributed by atoms with Crippen LogP contribution in [0.3, 0.4) is 0 Å². The molecule has 0 spiro atoms. The molecule has 0 aromatic heterocycles. The minimum atomic E-state index is -1.05. The zero-order valence-corrected chi connectivity index (χ0v) is 17.2. The Morgan fingerprint density at radius 3 is 2.38 bits per heavy atom. The number of nitrogens with one attached hydrogen (secondary N) is 1. The highest BCUT2D eigenvalue weighted by Crippen LogP contribution is 2.33. The lowest BCUT2D eigenvalue weighted by Gasteiger charge is -2.37. The highest BCUT2D eigenvalue weighted by atomic mass is 35.5. The van der Waals surface area contributed by atoms with Crippen molar-refractivity contribution in [1.82, 2.24) is 15.1 Å². The van der Waals surface area contributed by atoms with Crippen molar-refractivity contribution in [3.05, 3.63) is 65.2 Å². The minimum absolute atomic E-state index is 0.210. The summed E-state index contributed by atoms with van der Waals surface area (Å²) >= 11 is 6.13. The summed E-state index contributed by atoms with van der Waals surface area (Å²) in [5, 5.41) is 3.48. The van der Waals surface area contributed by atoms with E-state index in [9.17, 15) is 9.59 Å². The van der Waals surface area contributed by atoms with Crippen LogP contribution in [0.25, 0.3) is 0 Å². The van der Waals surface area contributed by atoms with Crippen molar-refractivity contribution < 1.29 is 9.59 Å². The number of amides is 3. The van der Waals surface area contributed by atoms with Crippen LogP contribution < -0.4 is 10.2 Å². The fourth-order valence-electron chi connectivity index (χ4n) is 4.13. The van der Waals surface area contributed by atoms with Gasteiger partial charge in [-0.3, -0.25) is 9.69 Å². The number of halogens is 1. The van der Waals surface area contributed by atoms with Gasteiger partial charge in [0.1, 0.15) is 5.54 Å². The van der Waals surface area contributed by atoms with Crippen LogP contribution in [-0.4, -0.2) is 54.6 Å². The van der Waals surface area contributed by atoms with Gasteiger partial charge in [0.25, 0.3) is 5.91 Å². The Kier molecular flexibility index (Phi) is 5.48. The standard InChI is InChI=1S/C22H25ClN4O2/c1-2-22(17-7-6-8-18(23)15-17)20(28)27(21(29)24-22)16-25-11-13-26(14-12-25)19-9-4-3-5-10-19/h3-10,15H,2,11-14,16H2,1H3,(H,24,29)/t22-/m1/s1. The molecular weight excluding hydrogens is 388 g/mol. The average molecular weight is 413 g/mol. The Morgan fingerprint density at radius 2 is 1.72 bits per heavy atom. The number of benzene rings is 2. The fraction of sp³-hybridized carbons (Fsp3) is 0.364. The summed E-state index contributed by atoms with van der Waals surface area (Å²) in [6, 6.07) is 17.1. The molecule has 2 aromatic rings. The number of carbonyl (C=O) groups is 2. The van der Waals surface area contributed by atoms with Gasteiger partial charge in [-0.15, -0.1) is 0 Å². The van der Waals surface area contributed by atoms with Crippen LogP contribution in [0, 0.1) is 0 Å². The maximum Gasteiger partial charge on any atom is 0.326 e. The second-order valence-corrected chi connectivity index (χ2v) is 7.95. The summed E-state index contributed by atoms with van der Waals surface area (Å²) in [5.41, 5.74) is 0.878. The lowest BCUT2D eigenvalue weighted by atomic mass is 9.87. The molecule has 3 amide bonds. The van der Waals surface area contributed by atoms with Crippen molar-refractivity contribution in [2.45, 2.75) is 18.9 Å². The Balaban J connectivity index is 1.45. The summed E-state index contributed by atoms with van der Waals surface area (Å²) in [4.78, 5) is 31.8. The molecule has 1 atom stereocenters. The van der Waals surface area contributed by atoms with Crippen molar-refractivity contribution in [3.63, 3.8) is 0 Å². The maximum atomic E-state index is 13.3. The van der Waals surface area contributed by atoms with Crippen LogP contribution in [0.5, 0.6) is 0 Å². The molecule has 0 aliphatic carbocycles. The van der Waals surface area contributed by atoms with Crippen LogP contribution in [-0.2, 0) is 10.3 Å². The molecule has 0 bridgehead atoms. The van der Waals surface area contributed by atoms with Crippen LogP contribution in [0.1, 0.15) is 18.9 Å². The number of nitrogens with zero attached hydrogens (tertiary/aromatic N) is 3. The van der Waals surface area contributed by atoms with E-state index in [4.69, 9.17) is 11.6 Å². The predicted molar refractivity (Wildman–Crippen MR) is 114 cm³/mol. The zero-order valence-electron chi connectivity index (χ0n) is 16.5. The largest absolute Gasteiger partial charge is 0.369 e. The second-order valence-electron chi connectivity index (χ2n) is 7.51. The SMILES string of the molecule is CC[C@]1(c2cccc(Cl)c2)NC(=O)N(CN2CCN(c3ccccc3)CC2)C1=O. The third-order valence-electron chi connectivity index (χ3n) is 5.86. The van der Waals surface area contributed by atoms with Crippen molar-refractivity contribution in [3.8, 4) is 0 Å². The predicted octanol–water partition coefficient (Wildman–Crippen LogP) is 3.28. The molecule has 2 saturated heterocycles. The van der Waals surface area contributed by atoms with E-state index in [-0.39, 0.29) is 11.9 Å². The first-order valence-electron chi connectivity index (χ1n) is 9.96. The molecule has 29 heavy (non-hydrogen) atoms. The van der Waals surface area contributed by atoms with Gasteiger partial charge in [0.2, 0.25) is 0 Å². The zero-order chi connectivity index (χ0) is 20.4. The van der Waals surface area contributed by atoms with Gasteiger partial charge in [-0.1, -0.05) is 48.9 Å². The second kappa shape index (κ2) is 8.05. The van der Waals surface area contributed by atoms with E-state index in [1.165, 1.54) is 10.6 Å². The summed E-state index contributed by atoms with van der Waals surface area (Å²) in [7, 11) is 0. The van der Waals surface area contributed by atoms with Gasteiger partial charge in [-0.2, -0.15) is 0 Å². The molecule has 7 heteroatoms. The first-order chi connectivity index (χ1) is 14.0. The summed E-state index contributed by atoms with van der Waals surface area (Å²) in [6.45, 7) is 5.52. The Hall–Kier alpha value is -2.57. The summed E-state index contributed by atoms with van der Waals surface area (Å²) in [5.74, 6) is -0.210. The highest BCUT2D eigenvalue weighted by molar-refractivity contribution is 6.30. The van der Waals surface area contributed by atoms with Gasteiger partial charge in [-0.25, -0.2) is 9.69 Å². The van der Waals surface area contributed by atoms with Gasteiger partial charge in [0, 0.05) is 36.9 Å². The molecule has 6 nitrogen and oxygen atoms in total. The van der Waals surface area contributed by atoms with Gasteiger partial charge >= 0.3 is 6.03 Å². The Bertz CT molecular complexity index is 899. The number of piperazine rings is 1. The topological polar surface area (TPSA) is 55.9 Å². The molecule has 2 aliphatic heterocycles. The molecule has 2 fully saturated rings. The summed E-state index contributed by atoms with van der Waals surface area (Å²) < 4.78 is 0. The van der Waals surface area contributed by atoms with E-state index in [1.54, 1.807) is 18.2 Å². The number of para-hydroxylation sites is 1. The van der Waals surface area contributed by atoms with Crippen LogP contribution in [0.15, 0.2) is 54.6 Å². The van der Waals surface area contributed by atoms with Gasteiger partial charge in [0.05, 0.1) is 6.67 Å². The molecular formula is C22H25ClN4O2. The maximum absolute atomic E-state index is 13.3. The number of hydrogen-bond donors (Lipinski definition) is 1. The number of hydrogen-bond acceptors (Lipinski definition) is 4. The van der Waals surface area contributed by atoms with E-state index in [2.05, 4.69) is 27.2 Å². The normalized spacial score (nSPS) is 22.8. The van der Waals surface area contributed by atoms with Crippen LogP contribution >= 0.6 is 11.6 Å². The lowest BCUT2D eigenvalue weighted by Crippen LogP contribution is -2.51. The third kappa shape index (κ3) is 3.70. The quantitative estimate of drug-likeness (QED) is 0.766. The summed E-state index contributed by atoms with van der Waals surface area (Å²) in [6.07, 6.45) is 0.468. The molecule has 4 rings (SSSR count). The molecule has 0 saturated carbocycles. The number of anilines is 1.